The Balaban J connectivity index is 1.46. The monoisotopic (exact) mass is 560 g/mol. The van der Waals surface area contributed by atoms with Gasteiger partial charge in [-0.2, -0.15) is 18.4 Å². The molecule has 0 radical (unpaired) electrons. The second kappa shape index (κ2) is 9.62. The molecule has 208 valence electrons. The van der Waals surface area contributed by atoms with Gasteiger partial charge in [0.05, 0.1) is 35.5 Å². The highest BCUT2D eigenvalue weighted by molar-refractivity contribution is 6.09. The molecule has 0 saturated heterocycles. The number of imidazole rings is 1. The summed E-state index contributed by atoms with van der Waals surface area (Å²) in [5.41, 5.74) is 0.414. The minimum Gasteiger partial charge on any atom is -0.332 e. The van der Waals surface area contributed by atoms with Crippen molar-refractivity contribution < 1.29 is 27.6 Å². The molecule has 3 heterocycles. The molecule has 0 fully saturated rings. The lowest BCUT2D eigenvalue weighted by molar-refractivity contribution is -0.137. The number of likely N-dealkylation sites (N-methyl/N-ethyl adjacent to an activating group) is 1. The minimum absolute atomic E-state index is 0.00253. The average molecular weight is 561 g/mol. The Morgan fingerprint density at radius 1 is 1.10 bits per heavy atom. The van der Waals surface area contributed by atoms with Gasteiger partial charge in [-0.05, 0) is 42.3 Å². The highest BCUT2D eigenvalue weighted by Gasteiger charge is 2.46. The average Bonchev–Trinajstić information content (AvgIpc) is 3.59. The summed E-state index contributed by atoms with van der Waals surface area (Å²) >= 11 is 0. The van der Waals surface area contributed by atoms with E-state index in [0.717, 1.165) is 17.0 Å². The number of aromatic nitrogens is 2. The van der Waals surface area contributed by atoms with Crippen molar-refractivity contribution in [1.29, 1.82) is 5.26 Å². The summed E-state index contributed by atoms with van der Waals surface area (Å²) in [7, 11) is 1.45. The van der Waals surface area contributed by atoms with Gasteiger partial charge in [-0.3, -0.25) is 14.5 Å². The third-order valence-corrected chi connectivity index (χ3v) is 7.79. The first-order valence-electron chi connectivity index (χ1n) is 12.9. The summed E-state index contributed by atoms with van der Waals surface area (Å²) < 4.78 is 42.4. The number of urea groups is 1. The maximum Gasteiger partial charge on any atom is 0.416 e. The van der Waals surface area contributed by atoms with E-state index in [1.165, 1.54) is 36.2 Å². The van der Waals surface area contributed by atoms with Crippen LogP contribution in [0.15, 0.2) is 66.1 Å². The van der Waals surface area contributed by atoms with Crippen LogP contribution in [-0.2, 0) is 24.1 Å². The van der Waals surface area contributed by atoms with Crippen LogP contribution in [0.4, 0.5) is 23.7 Å². The first-order chi connectivity index (χ1) is 19.6. The molecule has 9 nitrogen and oxygen atoms in total. The molecule has 1 unspecified atom stereocenters. The number of amides is 3. The molecule has 1 atom stereocenters. The van der Waals surface area contributed by atoms with Gasteiger partial charge >= 0.3 is 12.2 Å². The molecule has 3 aliphatic rings. The number of alkyl halides is 3. The lowest BCUT2D eigenvalue weighted by atomic mass is 9.88. The smallest absolute Gasteiger partial charge is 0.332 e. The number of Topliss-reactive ketones (excluding diaryl/α,β-unsaturated/α-hetero) is 1. The Kier molecular flexibility index (Phi) is 6.17. The van der Waals surface area contributed by atoms with Gasteiger partial charge in [0.25, 0.3) is 5.91 Å². The number of allylic oxidation sites excluding steroid dienone is 1. The van der Waals surface area contributed by atoms with Gasteiger partial charge in [-0.1, -0.05) is 12.1 Å². The lowest BCUT2D eigenvalue weighted by Gasteiger charge is -2.41. The van der Waals surface area contributed by atoms with E-state index in [-0.39, 0.29) is 53.5 Å². The van der Waals surface area contributed by atoms with E-state index < -0.39 is 23.8 Å². The van der Waals surface area contributed by atoms with Crippen LogP contribution in [0.5, 0.6) is 0 Å². The van der Waals surface area contributed by atoms with E-state index >= 15 is 0 Å². The van der Waals surface area contributed by atoms with Gasteiger partial charge in [0.15, 0.2) is 5.78 Å². The van der Waals surface area contributed by atoms with Crippen molar-refractivity contribution in [2.75, 3.05) is 18.5 Å². The van der Waals surface area contributed by atoms with Crippen LogP contribution in [-0.4, -0.2) is 50.7 Å². The Morgan fingerprint density at radius 2 is 1.90 bits per heavy atom. The van der Waals surface area contributed by atoms with Crippen molar-refractivity contribution in [2.24, 2.45) is 0 Å². The fourth-order valence-electron chi connectivity index (χ4n) is 5.80. The van der Waals surface area contributed by atoms with Crippen molar-refractivity contribution in [2.45, 2.75) is 38.1 Å². The van der Waals surface area contributed by atoms with Crippen LogP contribution in [0.3, 0.4) is 0 Å². The number of anilines is 1. The van der Waals surface area contributed by atoms with Crippen LogP contribution in [0.2, 0.25) is 0 Å². The van der Waals surface area contributed by atoms with Crippen molar-refractivity contribution in [1.82, 2.24) is 19.4 Å². The predicted molar refractivity (Wildman–Crippen MR) is 139 cm³/mol. The van der Waals surface area contributed by atoms with Crippen molar-refractivity contribution in [3.8, 4) is 6.07 Å². The molecule has 0 N–H and O–H groups in total. The molecule has 0 spiro atoms. The van der Waals surface area contributed by atoms with Gasteiger partial charge in [0.2, 0.25) is 0 Å². The number of rotatable bonds is 3. The van der Waals surface area contributed by atoms with Crippen LogP contribution in [0.25, 0.3) is 0 Å². The van der Waals surface area contributed by atoms with E-state index in [0.29, 0.717) is 30.2 Å². The molecular formula is C29H23F3N6O3. The maximum atomic E-state index is 13.9. The zero-order valence-corrected chi connectivity index (χ0v) is 21.9. The first kappa shape index (κ1) is 26.3. The summed E-state index contributed by atoms with van der Waals surface area (Å²) in [6.07, 6.45) is -0.892. The Labute approximate surface area is 232 Å². The van der Waals surface area contributed by atoms with Crippen molar-refractivity contribution in [3.63, 3.8) is 0 Å². The quantitative estimate of drug-likeness (QED) is 0.464. The third kappa shape index (κ3) is 4.34. The second-order valence-corrected chi connectivity index (χ2v) is 10.1. The molecule has 0 bridgehead atoms. The van der Waals surface area contributed by atoms with Crippen LogP contribution < -0.4 is 4.90 Å². The largest absolute Gasteiger partial charge is 0.416 e. The fraction of sp³-hybridized carbons (Fsp3) is 0.276. The third-order valence-electron chi connectivity index (χ3n) is 7.79. The second-order valence-electron chi connectivity index (χ2n) is 10.1. The Bertz CT molecular complexity index is 1690. The minimum atomic E-state index is -4.62. The number of nitriles is 1. The van der Waals surface area contributed by atoms with E-state index in [1.54, 1.807) is 17.2 Å². The standard InChI is InChI=1S/C29H23F3N6O3/c1-35-26(20-6-5-17(15-33)13-21(20)27(40)37-12-11-36-10-9-34-24(36)16-37)25-22(7-8-23(25)39)38(28(35)41)19-4-2-3-18(14-19)29(30,31)32/h2-6,9-10,13-14,26H,7-8,11-12,16H2,1H3. The summed E-state index contributed by atoms with van der Waals surface area (Å²) in [5.74, 6) is 0.0735. The van der Waals surface area contributed by atoms with E-state index in [2.05, 4.69) is 4.98 Å². The molecule has 1 aliphatic carbocycles. The maximum absolute atomic E-state index is 13.9. The summed E-state index contributed by atoms with van der Waals surface area (Å²) in [6, 6.07) is 9.40. The number of nitrogens with zero attached hydrogens (tertiary/aromatic N) is 6. The molecule has 2 aromatic carbocycles. The lowest BCUT2D eigenvalue weighted by Crippen LogP contribution is -2.48. The van der Waals surface area contributed by atoms with Crippen LogP contribution >= 0.6 is 0 Å². The Morgan fingerprint density at radius 3 is 2.66 bits per heavy atom. The molecule has 1 aromatic heterocycles. The van der Waals surface area contributed by atoms with Gasteiger partial charge in [0.1, 0.15) is 5.82 Å². The SMILES string of the molecule is CN1C(=O)N(c2cccc(C(F)(F)F)c2)C2=C(C(=O)CC2)C1c1ccc(C#N)cc1C(=O)N1CCn2ccnc2C1. The zero-order chi connectivity index (χ0) is 29.1. The number of hydrogen-bond acceptors (Lipinski definition) is 5. The molecule has 6 rings (SSSR count). The molecule has 2 aliphatic heterocycles. The summed E-state index contributed by atoms with van der Waals surface area (Å²) in [6.45, 7) is 1.18. The van der Waals surface area contributed by atoms with Crippen molar-refractivity contribution >= 4 is 23.4 Å². The number of benzene rings is 2. The normalized spacial score (nSPS) is 18.9. The zero-order valence-electron chi connectivity index (χ0n) is 21.9. The van der Waals surface area contributed by atoms with Crippen LogP contribution in [0, 0.1) is 11.3 Å². The molecule has 3 amide bonds. The number of ketones is 1. The van der Waals surface area contributed by atoms with Gasteiger partial charge < -0.3 is 14.4 Å². The first-order valence-corrected chi connectivity index (χ1v) is 12.9. The van der Waals surface area contributed by atoms with E-state index in [9.17, 15) is 32.8 Å². The number of hydrogen-bond donors (Lipinski definition) is 0. The van der Waals surface area contributed by atoms with E-state index in [4.69, 9.17) is 0 Å². The molecule has 0 saturated carbocycles. The summed E-state index contributed by atoms with van der Waals surface area (Å²) in [4.78, 5) is 49.3. The molecule has 41 heavy (non-hydrogen) atoms. The molecular weight excluding hydrogens is 537 g/mol. The number of carbonyl (C=O) groups is 3. The van der Waals surface area contributed by atoms with E-state index in [1.807, 2.05) is 16.8 Å². The van der Waals surface area contributed by atoms with Gasteiger partial charge in [0, 0.05) is 55.8 Å². The number of carbonyl (C=O) groups excluding carboxylic acids is 3. The fourth-order valence-corrected chi connectivity index (χ4v) is 5.80. The van der Waals surface area contributed by atoms with Crippen LogP contribution in [0.1, 0.15) is 51.8 Å². The van der Waals surface area contributed by atoms with Crippen molar-refractivity contribution in [3.05, 3.63) is 94.2 Å². The summed E-state index contributed by atoms with van der Waals surface area (Å²) in [5, 5.41) is 9.58. The highest BCUT2D eigenvalue weighted by atomic mass is 19.4. The molecule has 3 aromatic rings. The predicted octanol–water partition coefficient (Wildman–Crippen LogP) is 4.66. The Hall–Kier alpha value is -4.92. The van der Waals surface area contributed by atoms with Gasteiger partial charge in [-0.15, -0.1) is 0 Å². The number of fused-ring (bicyclic) bond motifs is 1. The number of halogens is 3. The molecule has 12 heteroatoms. The highest BCUT2D eigenvalue weighted by Crippen LogP contribution is 2.46. The van der Waals surface area contributed by atoms with Gasteiger partial charge in [-0.25, -0.2) is 9.78 Å². The topological polar surface area (TPSA) is 103 Å².